The Balaban J connectivity index is 1.87. The highest BCUT2D eigenvalue weighted by Gasteiger charge is 2.23. The molecule has 0 saturated heterocycles. The highest BCUT2D eigenvalue weighted by molar-refractivity contribution is 6.30. The number of aryl methyl sites for hydroxylation is 2. The standard InChI is InChI=1S/C24H24ClFN2O/c1-16-15-19(10-13-21(16)26)22(14-9-17-7-11-20(25)12-8-17)28-23(24(27)29)18-5-3-2-4-6-18/h2-8,10-13,15,22-23,28H,9,14H2,1H3,(H2,27,29)/t22-,23?/m0/s1. The normalized spacial score (nSPS) is 13.1. The Morgan fingerprint density at radius 3 is 2.34 bits per heavy atom. The average Bonchev–Trinajstić information content (AvgIpc) is 2.72. The number of primary amides is 1. The quantitative estimate of drug-likeness (QED) is 0.531. The first-order valence-electron chi connectivity index (χ1n) is 9.55. The fourth-order valence-corrected chi connectivity index (χ4v) is 3.51. The third kappa shape index (κ3) is 5.66. The van der Waals surface area contributed by atoms with Gasteiger partial charge in [0.1, 0.15) is 11.9 Å². The minimum Gasteiger partial charge on any atom is -0.368 e. The Morgan fingerprint density at radius 1 is 1.03 bits per heavy atom. The zero-order valence-corrected chi connectivity index (χ0v) is 17.0. The van der Waals surface area contributed by atoms with Gasteiger partial charge in [-0.1, -0.05) is 66.2 Å². The van der Waals surface area contributed by atoms with Crippen LogP contribution in [0.1, 0.15) is 40.8 Å². The van der Waals surface area contributed by atoms with E-state index in [1.807, 2.05) is 60.7 Å². The van der Waals surface area contributed by atoms with Crippen LogP contribution in [-0.4, -0.2) is 5.91 Å². The van der Waals surface area contributed by atoms with Crippen molar-refractivity contribution >= 4 is 17.5 Å². The van der Waals surface area contributed by atoms with Gasteiger partial charge in [0.05, 0.1) is 0 Å². The molecule has 5 heteroatoms. The summed E-state index contributed by atoms with van der Waals surface area (Å²) in [6, 6.07) is 21.3. The number of nitrogens with one attached hydrogen (secondary N) is 1. The molecule has 3 aromatic carbocycles. The van der Waals surface area contributed by atoms with Crippen LogP contribution in [0, 0.1) is 12.7 Å². The van der Waals surface area contributed by atoms with Crippen LogP contribution in [0.25, 0.3) is 0 Å². The van der Waals surface area contributed by atoms with E-state index in [2.05, 4.69) is 5.32 Å². The second-order valence-electron chi connectivity index (χ2n) is 7.14. The first kappa shape index (κ1) is 21.0. The van der Waals surface area contributed by atoms with Crippen molar-refractivity contribution in [3.05, 3.63) is 106 Å². The fraction of sp³-hybridized carbons (Fsp3) is 0.208. The number of carbonyl (C=O) groups excluding carboxylic acids is 1. The van der Waals surface area contributed by atoms with E-state index in [0.717, 1.165) is 23.1 Å². The number of carbonyl (C=O) groups is 1. The Bertz CT molecular complexity index is 960. The summed E-state index contributed by atoms with van der Waals surface area (Å²) in [5.41, 5.74) is 9.12. The number of halogens is 2. The molecule has 1 amide bonds. The Hall–Kier alpha value is -2.69. The van der Waals surface area contributed by atoms with Gasteiger partial charge in [0.15, 0.2) is 0 Å². The van der Waals surface area contributed by atoms with Crippen molar-refractivity contribution in [2.45, 2.75) is 31.8 Å². The number of amides is 1. The van der Waals surface area contributed by atoms with Crippen LogP contribution in [0.15, 0.2) is 72.8 Å². The van der Waals surface area contributed by atoms with Crippen LogP contribution >= 0.6 is 11.6 Å². The molecule has 0 fully saturated rings. The lowest BCUT2D eigenvalue weighted by atomic mass is 9.95. The van der Waals surface area contributed by atoms with E-state index in [1.165, 1.54) is 6.07 Å². The van der Waals surface area contributed by atoms with Crippen LogP contribution in [0.3, 0.4) is 0 Å². The molecule has 0 aromatic heterocycles. The molecule has 3 N–H and O–H groups in total. The maximum absolute atomic E-state index is 13.8. The third-order valence-corrected chi connectivity index (χ3v) is 5.26. The summed E-state index contributed by atoms with van der Waals surface area (Å²) < 4.78 is 13.8. The molecule has 0 spiro atoms. The molecule has 150 valence electrons. The van der Waals surface area contributed by atoms with Gasteiger partial charge >= 0.3 is 0 Å². The van der Waals surface area contributed by atoms with Crippen LogP contribution < -0.4 is 11.1 Å². The first-order chi connectivity index (χ1) is 13.9. The van der Waals surface area contributed by atoms with Crippen LogP contribution in [-0.2, 0) is 11.2 Å². The number of benzene rings is 3. The fourth-order valence-electron chi connectivity index (χ4n) is 3.38. The Morgan fingerprint density at radius 2 is 1.72 bits per heavy atom. The van der Waals surface area contributed by atoms with Crippen molar-refractivity contribution in [2.75, 3.05) is 0 Å². The molecule has 0 bridgehead atoms. The second-order valence-corrected chi connectivity index (χ2v) is 7.58. The molecule has 0 aliphatic heterocycles. The monoisotopic (exact) mass is 410 g/mol. The van der Waals surface area contributed by atoms with Crippen LogP contribution in [0.5, 0.6) is 0 Å². The van der Waals surface area contributed by atoms with E-state index in [9.17, 15) is 9.18 Å². The zero-order valence-electron chi connectivity index (χ0n) is 16.2. The Labute approximate surface area is 175 Å². The van der Waals surface area contributed by atoms with E-state index in [-0.39, 0.29) is 11.9 Å². The van der Waals surface area contributed by atoms with E-state index >= 15 is 0 Å². The van der Waals surface area contributed by atoms with E-state index in [1.54, 1.807) is 13.0 Å². The predicted octanol–water partition coefficient (Wildman–Crippen LogP) is 5.28. The van der Waals surface area contributed by atoms with Gasteiger partial charge in [-0.2, -0.15) is 0 Å². The van der Waals surface area contributed by atoms with Gasteiger partial charge < -0.3 is 5.73 Å². The van der Waals surface area contributed by atoms with Crippen molar-refractivity contribution in [3.8, 4) is 0 Å². The highest BCUT2D eigenvalue weighted by atomic mass is 35.5. The highest BCUT2D eigenvalue weighted by Crippen LogP contribution is 2.26. The van der Waals surface area contributed by atoms with Crippen LogP contribution in [0.2, 0.25) is 5.02 Å². The van der Waals surface area contributed by atoms with Gasteiger partial charge in [0, 0.05) is 11.1 Å². The summed E-state index contributed by atoms with van der Waals surface area (Å²) in [5, 5.41) is 4.08. The van der Waals surface area contributed by atoms with E-state index in [4.69, 9.17) is 17.3 Å². The summed E-state index contributed by atoms with van der Waals surface area (Å²) in [7, 11) is 0. The maximum atomic E-state index is 13.8. The molecule has 0 aliphatic carbocycles. The lowest BCUT2D eigenvalue weighted by Crippen LogP contribution is -2.36. The van der Waals surface area contributed by atoms with Gasteiger partial charge in [-0.3, -0.25) is 10.1 Å². The largest absolute Gasteiger partial charge is 0.368 e. The molecule has 29 heavy (non-hydrogen) atoms. The third-order valence-electron chi connectivity index (χ3n) is 5.00. The van der Waals surface area contributed by atoms with Crippen molar-refractivity contribution in [3.63, 3.8) is 0 Å². The van der Waals surface area contributed by atoms with Gasteiger partial charge in [0.25, 0.3) is 0 Å². The van der Waals surface area contributed by atoms with Gasteiger partial charge in [-0.05, 0) is 60.2 Å². The first-order valence-corrected chi connectivity index (χ1v) is 9.92. The molecule has 0 saturated carbocycles. The SMILES string of the molecule is Cc1cc([C@H](CCc2ccc(Cl)cc2)NC(C(N)=O)c2ccccc2)ccc1F. The van der Waals surface area contributed by atoms with Crippen molar-refractivity contribution in [2.24, 2.45) is 5.73 Å². The number of hydrogen-bond acceptors (Lipinski definition) is 2. The van der Waals surface area contributed by atoms with Crippen molar-refractivity contribution < 1.29 is 9.18 Å². The molecule has 3 aromatic rings. The molecular formula is C24H24ClFN2O. The minimum absolute atomic E-state index is 0.178. The molecule has 2 atom stereocenters. The van der Waals surface area contributed by atoms with Crippen LogP contribution in [0.4, 0.5) is 4.39 Å². The summed E-state index contributed by atoms with van der Waals surface area (Å²) in [6.45, 7) is 1.73. The number of hydrogen-bond donors (Lipinski definition) is 2. The Kier molecular flexibility index (Phi) is 7.02. The predicted molar refractivity (Wildman–Crippen MR) is 115 cm³/mol. The summed E-state index contributed by atoms with van der Waals surface area (Å²) in [6.07, 6.45) is 1.48. The lowest BCUT2D eigenvalue weighted by molar-refractivity contribution is -0.120. The van der Waals surface area contributed by atoms with Gasteiger partial charge in [0.2, 0.25) is 5.91 Å². The minimum atomic E-state index is -0.642. The average molecular weight is 411 g/mol. The van der Waals surface area contributed by atoms with Crippen molar-refractivity contribution in [1.29, 1.82) is 0 Å². The van der Waals surface area contributed by atoms with E-state index < -0.39 is 11.9 Å². The molecule has 0 aliphatic rings. The van der Waals surface area contributed by atoms with Gasteiger partial charge in [-0.15, -0.1) is 0 Å². The molecule has 3 nitrogen and oxygen atoms in total. The number of rotatable bonds is 8. The maximum Gasteiger partial charge on any atom is 0.239 e. The van der Waals surface area contributed by atoms with E-state index in [0.29, 0.717) is 17.0 Å². The zero-order chi connectivity index (χ0) is 20.8. The molecule has 0 radical (unpaired) electrons. The summed E-state index contributed by atoms with van der Waals surface area (Å²) in [4.78, 5) is 12.2. The molecule has 1 unspecified atom stereocenters. The molecule has 0 heterocycles. The molecular weight excluding hydrogens is 387 g/mol. The molecule has 3 rings (SSSR count). The number of nitrogens with two attached hydrogens (primary N) is 1. The van der Waals surface area contributed by atoms with Crippen molar-refractivity contribution in [1.82, 2.24) is 5.32 Å². The second kappa shape index (κ2) is 9.68. The topological polar surface area (TPSA) is 55.1 Å². The summed E-state index contributed by atoms with van der Waals surface area (Å²) in [5.74, 6) is -0.703. The van der Waals surface area contributed by atoms with Gasteiger partial charge in [-0.25, -0.2) is 4.39 Å². The lowest BCUT2D eigenvalue weighted by Gasteiger charge is -2.25. The smallest absolute Gasteiger partial charge is 0.239 e. The summed E-state index contributed by atoms with van der Waals surface area (Å²) >= 11 is 5.97.